The average molecular weight is 344 g/mol. The van der Waals surface area contributed by atoms with Crippen molar-refractivity contribution in [1.82, 2.24) is 4.98 Å². The Morgan fingerprint density at radius 3 is 2.09 bits per heavy atom. The molecule has 1 heterocycles. The molecule has 1 aromatic heterocycles. The molecule has 23 heavy (non-hydrogen) atoms. The second-order valence-electron chi connectivity index (χ2n) is 5.00. The lowest BCUT2D eigenvalue weighted by Crippen LogP contribution is -2.19. The quantitative estimate of drug-likeness (QED) is 0.513. The summed E-state index contributed by atoms with van der Waals surface area (Å²) >= 11 is 12.3. The molecule has 0 spiro atoms. The molecular weight excluding hydrogens is 337 g/mol. The second-order valence-corrected chi connectivity index (χ2v) is 5.81. The van der Waals surface area contributed by atoms with Gasteiger partial charge in [-0.15, -0.1) is 0 Å². The molecule has 0 unspecified atom stereocenters. The summed E-state index contributed by atoms with van der Waals surface area (Å²) in [7, 11) is 0. The molecule has 0 saturated heterocycles. The van der Waals surface area contributed by atoms with Crippen LogP contribution in [0.5, 0.6) is 0 Å². The Hall–Kier alpha value is -2.43. The maximum atomic E-state index is 12.5. The number of nitrogens with zero attached hydrogens (tertiary/aromatic N) is 1. The van der Waals surface area contributed by atoms with E-state index in [2.05, 4.69) is 4.98 Å². The van der Waals surface area contributed by atoms with Crippen LogP contribution >= 0.6 is 23.2 Å². The molecule has 0 bridgehead atoms. The first kappa shape index (κ1) is 14.2. The number of carbonyl (C=O) groups is 2. The molecule has 1 aliphatic carbocycles. The number of rotatable bonds is 1. The topological polar surface area (TPSA) is 60.2 Å². The molecule has 0 radical (unpaired) electrons. The first-order valence-corrected chi connectivity index (χ1v) is 7.47. The average Bonchev–Trinajstić information content (AvgIpc) is 2.98. The van der Waals surface area contributed by atoms with Gasteiger partial charge >= 0.3 is 0 Å². The van der Waals surface area contributed by atoms with Crippen LogP contribution in [-0.2, 0) is 0 Å². The molecule has 1 aliphatic rings. The minimum absolute atomic E-state index is 0.0142. The fourth-order valence-electron chi connectivity index (χ4n) is 2.57. The first-order valence-electron chi connectivity index (χ1n) is 6.71. The van der Waals surface area contributed by atoms with Gasteiger partial charge in [-0.2, -0.15) is 0 Å². The standard InChI is InChI=1S/C17H7Cl2NO3/c18-10-6-3-7-11(19)12(10)17-20-13-14(21)8-4-1-2-5-9(8)15(22)16(13)23-17/h1-7H. The van der Waals surface area contributed by atoms with Gasteiger partial charge in [0.15, 0.2) is 5.69 Å². The van der Waals surface area contributed by atoms with Crippen molar-refractivity contribution in [3.8, 4) is 11.5 Å². The van der Waals surface area contributed by atoms with Crippen molar-refractivity contribution in [3.05, 3.63) is 75.1 Å². The number of halogens is 2. The third kappa shape index (κ3) is 2.03. The van der Waals surface area contributed by atoms with E-state index in [4.69, 9.17) is 27.6 Å². The van der Waals surface area contributed by atoms with Crippen LogP contribution in [0.15, 0.2) is 46.9 Å². The number of benzene rings is 2. The summed E-state index contributed by atoms with van der Waals surface area (Å²) in [6, 6.07) is 11.5. The van der Waals surface area contributed by atoms with Crippen molar-refractivity contribution in [3.63, 3.8) is 0 Å². The van der Waals surface area contributed by atoms with E-state index in [1.807, 2.05) is 0 Å². The highest BCUT2D eigenvalue weighted by atomic mass is 35.5. The highest BCUT2D eigenvalue weighted by Gasteiger charge is 2.35. The normalized spacial score (nSPS) is 13.0. The smallest absolute Gasteiger partial charge is 0.231 e. The van der Waals surface area contributed by atoms with Gasteiger partial charge in [0.2, 0.25) is 23.2 Å². The third-order valence-electron chi connectivity index (χ3n) is 3.64. The number of aromatic nitrogens is 1. The Morgan fingerprint density at radius 1 is 0.826 bits per heavy atom. The summed E-state index contributed by atoms with van der Waals surface area (Å²) in [5, 5.41) is 0.655. The first-order chi connectivity index (χ1) is 11.1. The molecule has 112 valence electrons. The summed E-state index contributed by atoms with van der Waals surface area (Å²) in [6.07, 6.45) is 0. The zero-order chi connectivity index (χ0) is 16.1. The fourth-order valence-corrected chi connectivity index (χ4v) is 3.13. The van der Waals surface area contributed by atoms with E-state index in [-0.39, 0.29) is 28.9 Å². The summed E-state index contributed by atoms with van der Waals surface area (Å²) in [5.41, 5.74) is 0.961. The molecule has 6 heteroatoms. The summed E-state index contributed by atoms with van der Waals surface area (Å²) < 4.78 is 5.54. The molecule has 0 atom stereocenters. The largest absolute Gasteiger partial charge is 0.432 e. The molecule has 0 amide bonds. The van der Waals surface area contributed by atoms with Gasteiger partial charge in [-0.05, 0) is 12.1 Å². The summed E-state index contributed by atoms with van der Waals surface area (Å²) in [6.45, 7) is 0. The third-order valence-corrected chi connectivity index (χ3v) is 4.27. The lowest BCUT2D eigenvalue weighted by molar-refractivity contribution is 0.0959. The van der Waals surface area contributed by atoms with Crippen molar-refractivity contribution in [2.24, 2.45) is 0 Å². The molecule has 4 rings (SSSR count). The summed E-state index contributed by atoms with van der Waals surface area (Å²) in [4.78, 5) is 29.2. The van der Waals surface area contributed by atoms with Crippen LogP contribution < -0.4 is 0 Å². The van der Waals surface area contributed by atoms with Gasteiger partial charge in [-0.3, -0.25) is 9.59 Å². The Kier molecular flexibility index (Phi) is 3.11. The summed E-state index contributed by atoms with van der Waals surface area (Å²) in [5.74, 6) is -0.759. The Labute approximate surface area is 140 Å². The van der Waals surface area contributed by atoms with E-state index >= 15 is 0 Å². The van der Waals surface area contributed by atoms with Crippen LogP contribution in [0.3, 0.4) is 0 Å². The van der Waals surface area contributed by atoms with Crippen molar-refractivity contribution >= 4 is 34.8 Å². The molecule has 3 aromatic rings. The van der Waals surface area contributed by atoms with E-state index in [1.54, 1.807) is 42.5 Å². The van der Waals surface area contributed by atoms with Crippen LogP contribution in [0.4, 0.5) is 0 Å². The molecule has 0 N–H and O–H groups in total. The zero-order valence-electron chi connectivity index (χ0n) is 11.5. The maximum absolute atomic E-state index is 12.5. The zero-order valence-corrected chi connectivity index (χ0v) is 13.0. The highest BCUT2D eigenvalue weighted by molar-refractivity contribution is 6.39. The molecule has 4 nitrogen and oxygen atoms in total. The van der Waals surface area contributed by atoms with Crippen molar-refractivity contribution < 1.29 is 14.0 Å². The molecular formula is C17H7Cl2NO3. The van der Waals surface area contributed by atoms with Crippen molar-refractivity contribution in [1.29, 1.82) is 0 Å². The van der Waals surface area contributed by atoms with Crippen molar-refractivity contribution in [2.75, 3.05) is 0 Å². The van der Waals surface area contributed by atoms with Gasteiger partial charge in [0, 0.05) is 11.1 Å². The molecule has 0 saturated carbocycles. The molecule has 0 aliphatic heterocycles. The second kappa shape index (κ2) is 5.05. The van der Waals surface area contributed by atoms with Gasteiger partial charge in [0.25, 0.3) is 0 Å². The fraction of sp³-hybridized carbons (Fsp3) is 0. The van der Waals surface area contributed by atoms with Crippen LogP contribution in [0, 0.1) is 0 Å². The number of fused-ring (bicyclic) bond motifs is 2. The lowest BCUT2D eigenvalue weighted by atomic mass is 9.91. The highest BCUT2D eigenvalue weighted by Crippen LogP contribution is 2.37. The number of hydrogen-bond acceptors (Lipinski definition) is 4. The number of carbonyl (C=O) groups excluding carboxylic acids is 2. The Morgan fingerprint density at radius 2 is 1.43 bits per heavy atom. The minimum atomic E-state index is -0.378. The van der Waals surface area contributed by atoms with Crippen LogP contribution in [0.1, 0.15) is 32.2 Å². The maximum Gasteiger partial charge on any atom is 0.231 e. The SMILES string of the molecule is O=C1c2ccccc2C(=O)c2oc(-c3c(Cl)cccc3Cl)nc21. The number of oxazole rings is 1. The van der Waals surface area contributed by atoms with Gasteiger partial charge in [-0.25, -0.2) is 4.98 Å². The Bertz CT molecular complexity index is 919. The van der Waals surface area contributed by atoms with Crippen LogP contribution in [-0.4, -0.2) is 16.6 Å². The van der Waals surface area contributed by atoms with Crippen molar-refractivity contribution in [2.45, 2.75) is 0 Å². The van der Waals surface area contributed by atoms with E-state index in [0.29, 0.717) is 26.7 Å². The number of hydrogen-bond donors (Lipinski definition) is 0. The molecule has 2 aromatic carbocycles. The van der Waals surface area contributed by atoms with E-state index in [9.17, 15) is 9.59 Å². The predicted octanol–water partition coefficient (Wildman–Crippen LogP) is 4.42. The van der Waals surface area contributed by atoms with Gasteiger partial charge in [0.05, 0.1) is 15.6 Å². The lowest BCUT2D eigenvalue weighted by Gasteiger charge is -2.10. The number of ketones is 2. The van der Waals surface area contributed by atoms with Gasteiger partial charge in [-0.1, -0.05) is 53.5 Å². The monoisotopic (exact) mass is 343 g/mol. The van der Waals surface area contributed by atoms with Crippen LogP contribution in [0.2, 0.25) is 10.0 Å². The minimum Gasteiger partial charge on any atom is -0.432 e. The van der Waals surface area contributed by atoms with Gasteiger partial charge < -0.3 is 4.42 Å². The molecule has 0 fully saturated rings. The van der Waals surface area contributed by atoms with E-state index < -0.39 is 0 Å². The van der Waals surface area contributed by atoms with E-state index in [0.717, 1.165) is 0 Å². The van der Waals surface area contributed by atoms with E-state index in [1.165, 1.54) is 0 Å². The predicted molar refractivity (Wildman–Crippen MR) is 85.3 cm³/mol. The van der Waals surface area contributed by atoms with Gasteiger partial charge in [0.1, 0.15) is 0 Å². The van der Waals surface area contributed by atoms with Crippen LogP contribution in [0.25, 0.3) is 11.5 Å². The Balaban J connectivity index is 1.95.